The first-order chi connectivity index (χ1) is 16.2. The Morgan fingerprint density at radius 2 is 2.00 bits per heavy atom. The lowest BCUT2D eigenvalue weighted by Crippen LogP contribution is -2.45. The van der Waals surface area contributed by atoms with Gasteiger partial charge in [-0.2, -0.15) is 4.98 Å². The number of likely N-dealkylation sites (N-methyl/N-ethyl adjacent to an activating group) is 2. The Balaban J connectivity index is 1.93. The number of nitro groups is 1. The molecule has 0 saturated heterocycles. The summed E-state index contributed by atoms with van der Waals surface area (Å²) in [5.74, 6) is 1.13. The first-order valence-electron chi connectivity index (χ1n) is 11.0. The van der Waals surface area contributed by atoms with Gasteiger partial charge in [-0.3, -0.25) is 15.0 Å². The number of rotatable bonds is 10. The molecule has 0 atom stereocenters. The van der Waals surface area contributed by atoms with E-state index in [1.54, 1.807) is 31.3 Å². The molecule has 12 nitrogen and oxygen atoms in total. The summed E-state index contributed by atoms with van der Waals surface area (Å²) < 4.78 is 5.51. The van der Waals surface area contributed by atoms with Gasteiger partial charge in [0.15, 0.2) is 0 Å². The molecule has 34 heavy (non-hydrogen) atoms. The van der Waals surface area contributed by atoms with E-state index in [-0.39, 0.29) is 17.7 Å². The van der Waals surface area contributed by atoms with Crippen molar-refractivity contribution in [3.63, 3.8) is 0 Å². The molecular formula is C22H32N8O4. The quantitative estimate of drug-likeness (QED) is 0.411. The average molecular weight is 473 g/mol. The number of nitrogens with zero attached hydrogens (tertiary/aromatic N) is 7. The Bertz CT molecular complexity index is 1060. The Morgan fingerprint density at radius 3 is 2.62 bits per heavy atom. The lowest BCUT2D eigenvalue weighted by molar-refractivity contribution is -0.384. The first kappa shape index (κ1) is 25.0. The monoisotopic (exact) mass is 472 g/mol. The summed E-state index contributed by atoms with van der Waals surface area (Å²) in [7, 11) is 8.86. The van der Waals surface area contributed by atoms with Crippen molar-refractivity contribution in [2.45, 2.75) is 19.9 Å². The van der Waals surface area contributed by atoms with Crippen LogP contribution < -0.4 is 19.9 Å². The fourth-order valence-corrected chi connectivity index (χ4v) is 3.75. The molecule has 2 heterocycles. The van der Waals surface area contributed by atoms with Gasteiger partial charge >= 0.3 is 6.03 Å². The predicted molar refractivity (Wildman–Crippen MR) is 131 cm³/mol. The topological polar surface area (TPSA) is 120 Å². The van der Waals surface area contributed by atoms with Gasteiger partial charge in [0.05, 0.1) is 24.3 Å². The van der Waals surface area contributed by atoms with Crippen LogP contribution in [0.4, 0.5) is 33.6 Å². The van der Waals surface area contributed by atoms with Gasteiger partial charge in [0.2, 0.25) is 5.95 Å². The number of hydrogen-bond acceptors (Lipinski definition) is 9. The van der Waals surface area contributed by atoms with Crippen LogP contribution in [0.3, 0.4) is 0 Å². The Hall–Kier alpha value is -3.67. The number of carbonyl (C=O) groups excluding carboxylic acids is 1. The van der Waals surface area contributed by atoms with Gasteiger partial charge < -0.3 is 24.8 Å². The minimum atomic E-state index is -0.422. The van der Waals surface area contributed by atoms with Crippen molar-refractivity contribution in [2.75, 3.05) is 70.1 Å². The lowest BCUT2D eigenvalue weighted by Gasteiger charge is -2.33. The SMILES string of the molecule is CCCN1Cc2cnc(Nc3cc([N+](=O)[O-])c(N(C)CCN(C)C)cc3OC)nc2N(C)C1=O. The van der Waals surface area contributed by atoms with Crippen LogP contribution in [-0.4, -0.2) is 85.7 Å². The third-order valence-corrected chi connectivity index (χ3v) is 5.61. The number of ether oxygens (including phenoxy) is 1. The van der Waals surface area contributed by atoms with Crippen molar-refractivity contribution in [3.05, 3.63) is 34.0 Å². The summed E-state index contributed by atoms with van der Waals surface area (Å²) in [6.45, 7) is 4.45. The van der Waals surface area contributed by atoms with Crippen molar-refractivity contribution >= 4 is 34.9 Å². The van der Waals surface area contributed by atoms with Crippen LogP contribution in [0.2, 0.25) is 0 Å². The molecular weight excluding hydrogens is 440 g/mol. The fraction of sp³-hybridized carbons (Fsp3) is 0.500. The van der Waals surface area contributed by atoms with E-state index in [0.717, 1.165) is 18.5 Å². The summed E-state index contributed by atoms with van der Waals surface area (Å²) in [6.07, 6.45) is 2.52. The number of carbonyl (C=O) groups is 1. The number of methoxy groups -OCH3 is 1. The Morgan fingerprint density at radius 1 is 1.26 bits per heavy atom. The van der Waals surface area contributed by atoms with Crippen LogP contribution in [-0.2, 0) is 6.54 Å². The Kier molecular flexibility index (Phi) is 7.72. The molecule has 2 aromatic rings. The summed E-state index contributed by atoms with van der Waals surface area (Å²) in [4.78, 5) is 40.0. The summed E-state index contributed by atoms with van der Waals surface area (Å²) in [6, 6.07) is 2.92. The van der Waals surface area contributed by atoms with Crippen LogP contribution in [0, 0.1) is 10.1 Å². The molecule has 0 bridgehead atoms. The van der Waals surface area contributed by atoms with E-state index in [9.17, 15) is 14.9 Å². The third kappa shape index (κ3) is 5.28. The highest BCUT2D eigenvalue weighted by atomic mass is 16.6. The van der Waals surface area contributed by atoms with Crippen molar-refractivity contribution < 1.29 is 14.5 Å². The molecule has 1 aliphatic heterocycles. The molecule has 1 aromatic carbocycles. The van der Waals surface area contributed by atoms with Crippen molar-refractivity contribution in [1.82, 2.24) is 19.8 Å². The van der Waals surface area contributed by atoms with E-state index in [1.165, 1.54) is 18.1 Å². The molecule has 1 aliphatic rings. The summed E-state index contributed by atoms with van der Waals surface area (Å²) in [5.41, 5.74) is 1.57. The molecule has 2 amide bonds. The maximum absolute atomic E-state index is 12.6. The first-order valence-corrected chi connectivity index (χ1v) is 11.0. The highest BCUT2D eigenvalue weighted by Crippen LogP contribution is 2.39. The van der Waals surface area contributed by atoms with Crippen LogP contribution >= 0.6 is 0 Å². The smallest absolute Gasteiger partial charge is 0.325 e. The second-order valence-electron chi connectivity index (χ2n) is 8.45. The van der Waals surface area contributed by atoms with Gasteiger partial charge in [-0.05, 0) is 20.5 Å². The number of anilines is 4. The molecule has 12 heteroatoms. The van der Waals surface area contributed by atoms with Gasteiger partial charge in [-0.15, -0.1) is 0 Å². The zero-order valence-corrected chi connectivity index (χ0v) is 20.5. The normalized spacial score (nSPS) is 13.2. The van der Waals surface area contributed by atoms with Crippen LogP contribution in [0.15, 0.2) is 18.3 Å². The van der Waals surface area contributed by atoms with Crippen molar-refractivity contribution in [1.29, 1.82) is 0 Å². The summed E-state index contributed by atoms with van der Waals surface area (Å²) >= 11 is 0. The maximum Gasteiger partial charge on any atom is 0.325 e. The Labute approximate surface area is 199 Å². The van der Waals surface area contributed by atoms with Crippen molar-refractivity contribution in [2.24, 2.45) is 0 Å². The maximum atomic E-state index is 12.6. The molecule has 0 fully saturated rings. The standard InChI is InChI=1S/C22H32N8O4/c1-7-8-29-14-15-13-23-21(25-20(15)28(5)22(29)31)24-16-11-18(30(32)33)17(12-19(16)34-6)27(4)10-9-26(2)3/h11-13H,7-10,14H2,1-6H3,(H,23,24,25). The van der Waals surface area contributed by atoms with Gasteiger partial charge in [0.1, 0.15) is 17.3 Å². The highest BCUT2D eigenvalue weighted by Gasteiger charge is 2.29. The number of amides is 2. The number of nitro benzene ring substituents is 1. The van der Waals surface area contributed by atoms with E-state index in [1.807, 2.05) is 30.8 Å². The average Bonchev–Trinajstić information content (AvgIpc) is 2.81. The molecule has 1 N–H and O–H groups in total. The zero-order valence-electron chi connectivity index (χ0n) is 20.5. The number of urea groups is 1. The lowest BCUT2D eigenvalue weighted by atomic mass is 10.2. The number of aromatic nitrogens is 2. The number of hydrogen-bond donors (Lipinski definition) is 1. The van der Waals surface area contributed by atoms with Gasteiger partial charge in [-0.1, -0.05) is 6.92 Å². The van der Waals surface area contributed by atoms with E-state index >= 15 is 0 Å². The van der Waals surface area contributed by atoms with Crippen LogP contribution in [0.5, 0.6) is 5.75 Å². The van der Waals surface area contributed by atoms with E-state index in [4.69, 9.17) is 4.74 Å². The molecule has 0 spiro atoms. The third-order valence-electron chi connectivity index (χ3n) is 5.61. The predicted octanol–water partition coefficient (Wildman–Crippen LogP) is 2.92. The minimum absolute atomic E-state index is 0.0648. The number of nitrogens with one attached hydrogen (secondary N) is 1. The molecule has 0 aliphatic carbocycles. The van der Waals surface area contributed by atoms with E-state index < -0.39 is 4.92 Å². The van der Waals surface area contributed by atoms with Crippen LogP contribution in [0.1, 0.15) is 18.9 Å². The molecule has 1 aromatic heterocycles. The van der Waals surface area contributed by atoms with Gasteiger partial charge in [0.25, 0.3) is 5.69 Å². The zero-order chi connectivity index (χ0) is 25.0. The van der Waals surface area contributed by atoms with E-state index in [2.05, 4.69) is 15.3 Å². The molecule has 0 saturated carbocycles. The molecule has 184 valence electrons. The van der Waals surface area contributed by atoms with Crippen molar-refractivity contribution in [3.8, 4) is 5.75 Å². The highest BCUT2D eigenvalue weighted by molar-refractivity contribution is 5.93. The molecule has 3 rings (SSSR count). The second-order valence-corrected chi connectivity index (χ2v) is 8.45. The van der Waals surface area contributed by atoms with Gasteiger partial charge in [-0.25, -0.2) is 9.78 Å². The summed E-state index contributed by atoms with van der Waals surface area (Å²) in [5, 5.41) is 14.9. The number of fused-ring (bicyclic) bond motifs is 1. The number of benzene rings is 1. The van der Waals surface area contributed by atoms with Crippen LogP contribution in [0.25, 0.3) is 0 Å². The molecule has 0 unspecified atom stereocenters. The molecule has 0 radical (unpaired) electrons. The largest absolute Gasteiger partial charge is 0.494 e. The fourth-order valence-electron chi connectivity index (χ4n) is 3.75. The van der Waals surface area contributed by atoms with E-state index in [0.29, 0.717) is 42.6 Å². The van der Waals surface area contributed by atoms with Gasteiger partial charge in [0, 0.05) is 57.6 Å². The second kappa shape index (κ2) is 10.5. The minimum Gasteiger partial charge on any atom is -0.494 e.